The molecule has 0 aliphatic carbocycles. The van der Waals surface area contributed by atoms with E-state index in [1.54, 1.807) is 36.4 Å². The number of fused-ring (bicyclic) bond motifs is 1. The third-order valence-corrected chi connectivity index (χ3v) is 4.13. The summed E-state index contributed by atoms with van der Waals surface area (Å²) < 4.78 is 47.0. The smallest absolute Gasteiger partial charge is 0.415 e. The van der Waals surface area contributed by atoms with E-state index in [-0.39, 0.29) is 17.2 Å². The van der Waals surface area contributed by atoms with Crippen LogP contribution in [0.1, 0.15) is 36.5 Å². The number of benzene rings is 2. The predicted molar refractivity (Wildman–Crippen MR) is 91.7 cm³/mol. The molecule has 1 heterocycles. The molecule has 0 radical (unpaired) electrons. The lowest BCUT2D eigenvalue weighted by molar-refractivity contribution is -0.239. The molecule has 3 nitrogen and oxygen atoms in total. The van der Waals surface area contributed by atoms with Gasteiger partial charge in [-0.3, -0.25) is 5.32 Å². The fraction of sp³-hybridized carbons (Fsp3) is 0.250. The standard InChI is InChI=1S/C20H16F3NO2/c1-13(2)15-8-9-17-16(12-15)19(20(21,22)23,26-18(25)24-17)11-10-14-6-4-3-5-7-14/h3-9,12-13H,1-2H3,(H,24,25). The van der Waals surface area contributed by atoms with Crippen LogP contribution in [-0.2, 0) is 10.3 Å². The molecular formula is C20H16F3NO2. The Kier molecular flexibility index (Phi) is 4.41. The maximum atomic E-state index is 14.1. The van der Waals surface area contributed by atoms with Crippen molar-refractivity contribution in [3.05, 3.63) is 65.2 Å². The lowest BCUT2D eigenvalue weighted by Gasteiger charge is -2.36. The van der Waals surface area contributed by atoms with Gasteiger partial charge in [0.25, 0.3) is 5.60 Å². The second-order valence-electron chi connectivity index (χ2n) is 6.27. The number of hydrogen-bond acceptors (Lipinski definition) is 2. The fourth-order valence-electron chi connectivity index (χ4n) is 2.71. The minimum Gasteiger partial charge on any atom is -0.415 e. The van der Waals surface area contributed by atoms with Crippen molar-refractivity contribution < 1.29 is 22.7 Å². The Bertz CT molecular complexity index is 895. The van der Waals surface area contributed by atoms with Crippen molar-refractivity contribution in [1.29, 1.82) is 0 Å². The summed E-state index contributed by atoms with van der Waals surface area (Å²) in [6.07, 6.45) is -6.09. The van der Waals surface area contributed by atoms with Gasteiger partial charge in [-0.25, -0.2) is 4.79 Å². The van der Waals surface area contributed by atoms with E-state index in [1.807, 2.05) is 13.8 Å². The summed E-state index contributed by atoms with van der Waals surface area (Å²) in [5, 5.41) is 2.32. The molecule has 2 aromatic rings. The van der Waals surface area contributed by atoms with Gasteiger partial charge >= 0.3 is 12.3 Å². The van der Waals surface area contributed by atoms with Crippen molar-refractivity contribution in [3.63, 3.8) is 0 Å². The van der Waals surface area contributed by atoms with Gasteiger partial charge < -0.3 is 4.74 Å². The molecule has 1 aliphatic rings. The fourth-order valence-corrected chi connectivity index (χ4v) is 2.71. The number of anilines is 1. The monoisotopic (exact) mass is 359 g/mol. The average molecular weight is 359 g/mol. The quantitative estimate of drug-likeness (QED) is 0.713. The Morgan fingerprint density at radius 2 is 1.81 bits per heavy atom. The van der Waals surface area contributed by atoms with Crippen molar-refractivity contribution in [3.8, 4) is 11.8 Å². The molecule has 0 aromatic heterocycles. The molecule has 134 valence electrons. The third kappa shape index (κ3) is 3.13. The molecule has 3 rings (SSSR count). The van der Waals surface area contributed by atoms with Gasteiger partial charge in [-0.2, -0.15) is 13.2 Å². The topological polar surface area (TPSA) is 38.3 Å². The van der Waals surface area contributed by atoms with Crippen molar-refractivity contribution >= 4 is 11.8 Å². The molecular weight excluding hydrogens is 343 g/mol. The van der Waals surface area contributed by atoms with Crippen LogP contribution in [0.3, 0.4) is 0 Å². The molecule has 0 saturated carbocycles. The van der Waals surface area contributed by atoms with Crippen LogP contribution in [-0.4, -0.2) is 12.3 Å². The Hall–Kier alpha value is -2.94. The lowest BCUT2D eigenvalue weighted by Crippen LogP contribution is -2.49. The number of amides is 1. The Morgan fingerprint density at radius 3 is 2.42 bits per heavy atom. The van der Waals surface area contributed by atoms with Crippen LogP contribution in [0.4, 0.5) is 23.7 Å². The SMILES string of the molecule is CC(C)c1ccc2c(c1)C(C#Cc1ccccc1)(C(F)(F)F)OC(=O)N2. The molecule has 0 bridgehead atoms. The minimum atomic E-state index is -4.91. The summed E-state index contributed by atoms with van der Waals surface area (Å²) in [6.45, 7) is 3.74. The second kappa shape index (κ2) is 6.41. The van der Waals surface area contributed by atoms with Gasteiger partial charge in [0.05, 0.1) is 5.69 Å². The van der Waals surface area contributed by atoms with Gasteiger partial charge in [-0.15, -0.1) is 0 Å². The first kappa shape index (κ1) is 17.9. The van der Waals surface area contributed by atoms with E-state index in [2.05, 4.69) is 17.2 Å². The largest absolute Gasteiger partial charge is 0.445 e. The molecule has 26 heavy (non-hydrogen) atoms. The molecule has 0 saturated heterocycles. The molecule has 1 atom stereocenters. The maximum absolute atomic E-state index is 14.1. The van der Waals surface area contributed by atoms with Crippen LogP contribution in [0.5, 0.6) is 0 Å². The first-order valence-electron chi connectivity index (χ1n) is 8.02. The molecule has 1 aliphatic heterocycles. The number of halogens is 3. The summed E-state index contributed by atoms with van der Waals surface area (Å²) in [5.74, 6) is 4.69. The van der Waals surface area contributed by atoms with E-state index in [1.165, 1.54) is 12.1 Å². The number of cyclic esters (lactones) is 1. The van der Waals surface area contributed by atoms with Gasteiger partial charge in [0, 0.05) is 11.1 Å². The van der Waals surface area contributed by atoms with Crippen molar-refractivity contribution in [1.82, 2.24) is 0 Å². The lowest BCUT2D eigenvalue weighted by atomic mass is 9.87. The highest BCUT2D eigenvalue weighted by atomic mass is 19.4. The van der Waals surface area contributed by atoms with Crippen molar-refractivity contribution in [2.75, 3.05) is 5.32 Å². The number of carbonyl (C=O) groups is 1. The average Bonchev–Trinajstić information content (AvgIpc) is 2.59. The number of carbonyl (C=O) groups excluding carboxylic acids is 1. The van der Waals surface area contributed by atoms with Crippen LogP contribution >= 0.6 is 0 Å². The molecule has 1 amide bonds. The zero-order chi connectivity index (χ0) is 18.9. The molecule has 2 aromatic carbocycles. The number of alkyl halides is 3. The predicted octanol–water partition coefficient (Wildman–Crippen LogP) is 5.18. The Labute approximate surface area is 149 Å². The molecule has 1 N–H and O–H groups in total. The second-order valence-corrected chi connectivity index (χ2v) is 6.27. The zero-order valence-corrected chi connectivity index (χ0v) is 14.1. The van der Waals surface area contributed by atoms with E-state index < -0.39 is 17.9 Å². The first-order chi connectivity index (χ1) is 12.2. The van der Waals surface area contributed by atoms with Crippen LogP contribution < -0.4 is 5.32 Å². The van der Waals surface area contributed by atoms with E-state index in [0.717, 1.165) is 0 Å². The Morgan fingerprint density at radius 1 is 1.12 bits per heavy atom. The van der Waals surface area contributed by atoms with Crippen molar-refractivity contribution in [2.24, 2.45) is 0 Å². The van der Waals surface area contributed by atoms with Crippen molar-refractivity contribution in [2.45, 2.75) is 31.5 Å². The van der Waals surface area contributed by atoms with Gasteiger partial charge in [-0.05, 0) is 41.7 Å². The summed E-state index contributed by atoms with van der Waals surface area (Å²) in [6, 6.07) is 12.8. The van der Waals surface area contributed by atoms with Gasteiger partial charge in [-0.1, -0.05) is 44.0 Å². The van der Waals surface area contributed by atoms with Gasteiger partial charge in [0.2, 0.25) is 0 Å². The number of ether oxygens (including phenoxy) is 1. The van der Waals surface area contributed by atoms with Crippen LogP contribution in [0.25, 0.3) is 0 Å². The number of hydrogen-bond donors (Lipinski definition) is 1. The van der Waals surface area contributed by atoms with Crippen LogP contribution in [0.15, 0.2) is 48.5 Å². The van der Waals surface area contributed by atoms with Gasteiger partial charge in [0.1, 0.15) is 0 Å². The van der Waals surface area contributed by atoms with Crippen LogP contribution in [0.2, 0.25) is 0 Å². The Balaban J connectivity index is 2.24. The molecule has 1 unspecified atom stereocenters. The molecule has 0 spiro atoms. The minimum absolute atomic E-state index is 0.00550. The number of rotatable bonds is 1. The normalized spacial score (nSPS) is 19.1. The summed E-state index contributed by atoms with van der Waals surface area (Å²) >= 11 is 0. The summed E-state index contributed by atoms with van der Waals surface area (Å²) in [5.41, 5.74) is -2.10. The van der Waals surface area contributed by atoms with Gasteiger partial charge in [0.15, 0.2) is 0 Å². The number of nitrogens with one attached hydrogen (secondary N) is 1. The van der Waals surface area contributed by atoms with E-state index >= 15 is 0 Å². The third-order valence-electron chi connectivity index (χ3n) is 4.13. The maximum Gasteiger partial charge on any atom is 0.445 e. The summed E-state index contributed by atoms with van der Waals surface area (Å²) in [7, 11) is 0. The molecule has 6 heteroatoms. The zero-order valence-electron chi connectivity index (χ0n) is 14.1. The van der Waals surface area contributed by atoms with E-state index in [9.17, 15) is 18.0 Å². The van der Waals surface area contributed by atoms with E-state index in [4.69, 9.17) is 4.74 Å². The van der Waals surface area contributed by atoms with E-state index in [0.29, 0.717) is 11.1 Å². The highest BCUT2D eigenvalue weighted by molar-refractivity contribution is 5.90. The van der Waals surface area contributed by atoms with Crippen LogP contribution in [0, 0.1) is 11.8 Å². The highest BCUT2D eigenvalue weighted by Gasteiger charge is 2.62. The summed E-state index contributed by atoms with van der Waals surface area (Å²) in [4.78, 5) is 11.8. The highest BCUT2D eigenvalue weighted by Crippen LogP contribution is 2.47. The first-order valence-corrected chi connectivity index (χ1v) is 8.02. The molecule has 0 fully saturated rings.